The van der Waals surface area contributed by atoms with E-state index in [1.54, 1.807) is 6.07 Å². The minimum absolute atomic E-state index is 0.544. The van der Waals surface area contributed by atoms with Gasteiger partial charge in [-0.05, 0) is 56.0 Å². The molecule has 1 aliphatic rings. The smallest absolute Gasteiger partial charge is 0.159 e. The highest BCUT2D eigenvalue weighted by molar-refractivity contribution is 5.18. The maximum Gasteiger partial charge on any atom is 0.159 e. The molecule has 1 fully saturated rings. The lowest BCUT2D eigenvalue weighted by molar-refractivity contribution is 0.172. The lowest BCUT2D eigenvalue weighted by Gasteiger charge is -2.31. The van der Waals surface area contributed by atoms with E-state index in [0.717, 1.165) is 50.3 Å². The molecule has 0 aliphatic carbocycles. The van der Waals surface area contributed by atoms with Gasteiger partial charge in [-0.2, -0.15) is 0 Å². The molecule has 5 heteroatoms. The second-order valence-corrected chi connectivity index (χ2v) is 6.13. The van der Waals surface area contributed by atoms with Gasteiger partial charge in [-0.1, -0.05) is 6.07 Å². The molecular formula is C17H21F2N3. The molecule has 0 atom stereocenters. The van der Waals surface area contributed by atoms with E-state index in [2.05, 4.69) is 9.88 Å². The molecule has 0 radical (unpaired) electrons. The number of aromatic nitrogens is 2. The molecule has 2 heterocycles. The average Bonchev–Trinajstić information content (AvgIpc) is 2.90. The third-order valence-corrected chi connectivity index (χ3v) is 4.50. The van der Waals surface area contributed by atoms with Crippen molar-refractivity contribution in [2.45, 2.75) is 25.8 Å². The molecule has 3 rings (SSSR count). The molecule has 0 spiro atoms. The van der Waals surface area contributed by atoms with Crippen molar-refractivity contribution in [1.29, 1.82) is 0 Å². The summed E-state index contributed by atoms with van der Waals surface area (Å²) in [5, 5.41) is 0. The second kappa shape index (κ2) is 6.57. The van der Waals surface area contributed by atoms with Crippen molar-refractivity contribution in [3.05, 3.63) is 53.6 Å². The first-order chi connectivity index (χ1) is 10.6. The summed E-state index contributed by atoms with van der Waals surface area (Å²) < 4.78 is 28.3. The van der Waals surface area contributed by atoms with Crippen LogP contribution in [0, 0.1) is 17.6 Å². The van der Waals surface area contributed by atoms with E-state index in [0.29, 0.717) is 5.92 Å². The summed E-state index contributed by atoms with van der Waals surface area (Å²) in [7, 11) is 2.01. The maximum absolute atomic E-state index is 13.3. The molecule has 0 N–H and O–H groups in total. The fraction of sp³-hybridized carbons (Fsp3) is 0.471. The summed E-state index contributed by atoms with van der Waals surface area (Å²) in [6.07, 6.45) is 6.79. The van der Waals surface area contributed by atoms with Gasteiger partial charge >= 0.3 is 0 Å². The van der Waals surface area contributed by atoms with Crippen LogP contribution in [0.5, 0.6) is 0 Å². The van der Waals surface area contributed by atoms with E-state index in [1.165, 1.54) is 12.1 Å². The Labute approximate surface area is 129 Å². The van der Waals surface area contributed by atoms with Crippen molar-refractivity contribution >= 4 is 0 Å². The summed E-state index contributed by atoms with van der Waals surface area (Å²) >= 11 is 0. The van der Waals surface area contributed by atoms with Gasteiger partial charge in [-0.15, -0.1) is 0 Å². The minimum atomic E-state index is -0.770. The molecule has 0 bridgehead atoms. The first kappa shape index (κ1) is 15.2. The van der Waals surface area contributed by atoms with Crippen LogP contribution >= 0.6 is 0 Å². The highest BCUT2D eigenvalue weighted by Gasteiger charge is 2.20. The van der Waals surface area contributed by atoms with Gasteiger partial charge in [0.1, 0.15) is 5.82 Å². The number of halogens is 2. The Morgan fingerprint density at radius 1 is 1.18 bits per heavy atom. The number of nitrogens with zero attached hydrogens (tertiary/aromatic N) is 3. The van der Waals surface area contributed by atoms with E-state index in [4.69, 9.17) is 0 Å². The van der Waals surface area contributed by atoms with Gasteiger partial charge in [0.2, 0.25) is 0 Å². The zero-order chi connectivity index (χ0) is 15.5. The molecule has 3 nitrogen and oxygen atoms in total. The number of piperidine rings is 1. The Morgan fingerprint density at radius 2 is 1.95 bits per heavy atom. The Bertz CT molecular complexity index is 631. The van der Waals surface area contributed by atoms with Gasteiger partial charge < -0.3 is 4.57 Å². The van der Waals surface area contributed by atoms with Crippen molar-refractivity contribution in [1.82, 2.24) is 14.5 Å². The van der Waals surface area contributed by atoms with Gasteiger partial charge in [-0.3, -0.25) is 4.90 Å². The Kier molecular flexibility index (Phi) is 4.52. The highest BCUT2D eigenvalue weighted by Crippen LogP contribution is 2.23. The largest absolute Gasteiger partial charge is 0.337 e. The van der Waals surface area contributed by atoms with Crippen molar-refractivity contribution in [2.24, 2.45) is 13.0 Å². The van der Waals surface area contributed by atoms with Gasteiger partial charge in [0.25, 0.3) is 0 Å². The fourth-order valence-corrected chi connectivity index (χ4v) is 3.10. The topological polar surface area (TPSA) is 21.1 Å². The van der Waals surface area contributed by atoms with Gasteiger partial charge in [0.15, 0.2) is 11.6 Å². The molecule has 1 saturated heterocycles. The zero-order valence-corrected chi connectivity index (χ0v) is 12.8. The van der Waals surface area contributed by atoms with Crippen LogP contribution in [0.4, 0.5) is 8.78 Å². The van der Waals surface area contributed by atoms with Gasteiger partial charge in [0.05, 0.1) is 6.54 Å². The minimum Gasteiger partial charge on any atom is -0.337 e. The number of hydrogen-bond donors (Lipinski definition) is 0. The Hall–Kier alpha value is -1.75. The highest BCUT2D eigenvalue weighted by atomic mass is 19.2. The van der Waals surface area contributed by atoms with Crippen LogP contribution in [-0.4, -0.2) is 27.5 Å². The number of imidazole rings is 1. The van der Waals surface area contributed by atoms with E-state index in [9.17, 15) is 8.78 Å². The molecule has 118 valence electrons. The lowest BCUT2D eigenvalue weighted by atomic mass is 9.90. The van der Waals surface area contributed by atoms with Crippen LogP contribution in [-0.2, 0) is 20.0 Å². The van der Waals surface area contributed by atoms with E-state index in [1.807, 2.05) is 24.0 Å². The summed E-state index contributed by atoms with van der Waals surface area (Å²) in [4.78, 5) is 6.77. The maximum atomic E-state index is 13.3. The Balaban J connectivity index is 1.51. The predicted molar refractivity (Wildman–Crippen MR) is 81.3 cm³/mol. The normalized spacial score (nSPS) is 17.0. The molecule has 0 saturated carbocycles. The second-order valence-electron chi connectivity index (χ2n) is 6.13. The Morgan fingerprint density at radius 3 is 2.59 bits per heavy atom. The van der Waals surface area contributed by atoms with E-state index >= 15 is 0 Å². The summed E-state index contributed by atoms with van der Waals surface area (Å²) in [5.74, 6) is 0.111. The first-order valence-electron chi connectivity index (χ1n) is 7.74. The number of rotatable bonds is 4. The fourth-order valence-electron chi connectivity index (χ4n) is 3.10. The third kappa shape index (κ3) is 3.53. The molecule has 1 aliphatic heterocycles. The molecule has 0 unspecified atom stereocenters. The monoisotopic (exact) mass is 305 g/mol. The number of likely N-dealkylation sites (tertiary alicyclic amines) is 1. The molecule has 0 amide bonds. The van der Waals surface area contributed by atoms with Gasteiger partial charge in [-0.25, -0.2) is 13.8 Å². The van der Waals surface area contributed by atoms with Crippen molar-refractivity contribution in [2.75, 3.05) is 13.1 Å². The van der Waals surface area contributed by atoms with Crippen LogP contribution in [0.2, 0.25) is 0 Å². The summed E-state index contributed by atoms with van der Waals surface area (Å²) in [5.41, 5.74) is 0.890. The summed E-state index contributed by atoms with van der Waals surface area (Å²) in [6, 6.07) is 4.25. The lowest BCUT2D eigenvalue weighted by Crippen LogP contribution is -2.34. The van der Waals surface area contributed by atoms with Crippen LogP contribution in [0.3, 0.4) is 0 Å². The standard InChI is InChI=1S/C17H21F2N3/c1-21-9-6-20-17(21)12-22-7-4-13(5-8-22)10-14-2-3-15(18)16(19)11-14/h2-3,6,9,11,13H,4-5,7-8,10,12H2,1H3. The van der Waals surface area contributed by atoms with Gasteiger partial charge in [0, 0.05) is 19.4 Å². The number of aryl methyl sites for hydroxylation is 1. The zero-order valence-electron chi connectivity index (χ0n) is 12.8. The van der Waals surface area contributed by atoms with Crippen molar-refractivity contribution < 1.29 is 8.78 Å². The SMILES string of the molecule is Cn1ccnc1CN1CCC(Cc2ccc(F)c(F)c2)CC1. The first-order valence-corrected chi connectivity index (χ1v) is 7.74. The van der Waals surface area contributed by atoms with Crippen LogP contribution in [0.15, 0.2) is 30.6 Å². The third-order valence-electron chi connectivity index (χ3n) is 4.50. The molecular weight excluding hydrogens is 284 g/mol. The van der Waals surface area contributed by atoms with Crippen LogP contribution in [0.25, 0.3) is 0 Å². The molecule has 2 aromatic rings. The predicted octanol–water partition coefficient (Wildman–Crippen LogP) is 3.15. The van der Waals surface area contributed by atoms with Crippen molar-refractivity contribution in [3.8, 4) is 0 Å². The van der Waals surface area contributed by atoms with Crippen molar-refractivity contribution in [3.63, 3.8) is 0 Å². The molecule has 1 aromatic heterocycles. The quantitative estimate of drug-likeness (QED) is 0.865. The number of benzene rings is 1. The average molecular weight is 305 g/mol. The van der Waals surface area contributed by atoms with E-state index in [-0.39, 0.29) is 0 Å². The van der Waals surface area contributed by atoms with Crippen LogP contribution in [0.1, 0.15) is 24.2 Å². The molecule has 1 aromatic carbocycles. The number of hydrogen-bond acceptors (Lipinski definition) is 2. The van der Waals surface area contributed by atoms with E-state index < -0.39 is 11.6 Å². The summed E-state index contributed by atoms with van der Waals surface area (Å²) in [6.45, 7) is 2.93. The molecule has 22 heavy (non-hydrogen) atoms. The van der Waals surface area contributed by atoms with Crippen LogP contribution < -0.4 is 0 Å².